The van der Waals surface area contributed by atoms with Crippen LogP contribution in [0.25, 0.3) is 0 Å². The molecular weight excluding hydrogens is 419 g/mol. The van der Waals surface area contributed by atoms with Crippen LogP contribution in [0.5, 0.6) is 0 Å². The number of hydrogen-bond donors (Lipinski definition) is 1. The number of thiophene rings is 1. The van der Waals surface area contributed by atoms with E-state index in [1.54, 1.807) is 17.5 Å². The standard InChI is InChI=1S/C14H20ClIN4S/c1-4-17-13(10-7-12(16)21-9-10)14-11(15)8-18-20(14)6-5-19(2)3/h7-9,13,17H,4-6H2,1-3H3. The molecule has 21 heavy (non-hydrogen) atoms. The predicted octanol–water partition coefficient (Wildman–Crippen LogP) is 3.46. The Morgan fingerprint density at radius 3 is 2.86 bits per heavy atom. The molecule has 0 bridgehead atoms. The molecular formula is C14H20ClIN4S. The summed E-state index contributed by atoms with van der Waals surface area (Å²) < 4.78 is 3.29. The lowest BCUT2D eigenvalue weighted by Gasteiger charge is -2.20. The first-order valence-corrected chi connectivity index (χ1v) is 9.19. The summed E-state index contributed by atoms with van der Waals surface area (Å²) in [5.41, 5.74) is 2.30. The highest BCUT2D eigenvalue weighted by Crippen LogP contribution is 2.31. The molecule has 0 fully saturated rings. The summed E-state index contributed by atoms with van der Waals surface area (Å²) in [7, 11) is 4.13. The molecule has 116 valence electrons. The summed E-state index contributed by atoms with van der Waals surface area (Å²) in [6.07, 6.45) is 1.74. The maximum absolute atomic E-state index is 6.41. The Hall–Kier alpha value is -0.150. The summed E-state index contributed by atoms with van der Waals surface area (Å²) in [5.74, 6) is 0. The van der Waals surface area contributed by atoms with E-state index in [0.29, 0.717) is 0 Å². The molecule has 1 atom stereocenters. The number of halogens is 2. The minimum absolute atomic E-state index is 0.0897. The van der Waals surface area contributed by atoms with Crippen LogP contribution in [0.3, 0.4) is 0 Å². The molecule has 0 saturated carbocycles. The summed E-state index contributed by atoms with van der Waals surface area (Å²) >= 11 is 10.5. The van der Waals surface area contributed by atoms with Crippen LogP contribution in [0.4, 0.5) is 0 Å². The minimum Gasteiger partial charge on any atom is -0.308 e. The van der Waals surface area contributed by atoms with Gasteiger partial charge >= 0.3 is 0 Å². The highest BCUT2D eigenvalue weighted by molar-refractivity contribution is 14.1. The van der Waals surface area contributed by atoms with Crippen molar-refractivity contribution in [1.82, 2.24) is 20.0 Å². The smallest absolute Gasteiger partial charge is 0.0837 e. The van der Waals surface area contributed by atoms with Crippen LogP contribution in [0, 0.1) is 2.88 Å². The van der Waals surface area contributed by atoms with Crippen molar-refractivity contribution in [2.75, 3.05) is 27.2 Å². The van der Waals surface area contributed by atoms with Gasteiger partial charge in [0.2, 0.25) is 0 Å². The first kappa shape index (κ1) is 17.2. The molecule has 0 aliphatic carbocycles. The van der Waals surface area contributed by atoms with Gasteiger partial charge in [-0.2, -0.15) is 5.10 Å². The average Bonchev–Trinajstić information content (AvgIpc) is 3.00. The van der Waals surface area contributed by atoms with E-state index in [-0.39, 0.29) is 6.04 Å². The van der Waals surface area contributed by atoms with Gasteiger partial charge in [-0.3, -0.25) is 4.68 Å². The number of hydrogen-bond acceptors (Lipinski definition) is 4. The summed E-state index contributed by atoms with van der Waals surface area (Å²) in [4.78, 5) is 2.15. The molecule has 7 heteroatoms. The molecule has 2 aromatic rings. The van der Waals surface area contributed by atoms with Crippen LogP contribution >= 0.6 is 45.5 Å². The Labute approximate surface area is 148 Å². The van der Waals surface area contributed by atoms with Crippen LogP contribution in [0.15, 0.2) is 17.6 Å². The number of aromatic nitrogens is 2. The Morgan fingerprint density at radius 1 is 1.52 bits per heavy atom. The Kier molecular flexibility index (Phi) is 6.49. The van der Waals surface area contributed by atoms with Gasteiger partial charge in [0, 0.05) is 6.54 Å². The Balaban J connectivity index is 2.33. The number of likely N-dealkylation sites (N-methyl/N-ethyl adjacent to an activating group) is 1. The van der Waals surface area contributed by atoms with Gasteiger partial charge in [-0.15, -0.1) is 11.3 Å². The van der Waals surface area contributed by atoms with E-state index in [2.05, 4.69) is 70.4 Å². The highest BCUT2D eigenvalue weighted by Gasteiger charge is 2.22. The van der Waals surface area contributed by atoms with Crippen LogP contribution < -0.4 is 5.32 Å². The van der Waals surface area contributed by atoms with Gasteiger partial charge in [0.05, 0.1) is 32.4 Å². The molecule has 0 aromatic carbocycles. The van der Waals surface area contributed by atoms with Gasteiger partial charge in [-0.1, -0.05) is 18.5 Å². The maximum Gasteiger partial charge on any atom is 0.0837 e. The molecule has 0 spiro atoms. The molecule has 0 saturated heterocycles. The topological polar surface area (TPSA) is 33.1 Å². The molecule has 0 radical (unpaired) electrons. The van der Waals surface area contributed by atoms with E-state index in [0.717, 1.165) is 30.4 Å². The van der Waals surface area contributed by atoms with Crippen molar-refractivity contribution in [1.29, 1.82) is 0 Å². The van der Waals surface area contributed by atoms with Crippen LogP contribution in [-0.4, -0.2) is 41.9 Å². The Bertz CT molecular complexity index is 581. The third-order valence-electron chi connectivity index (χ3n) is 3.20. The highest BCUT2D eigenvalue weighted by atomic mass is 127. The zero-order chi connectivity index (χ0) is 15.4. The molecule has 4 nitrogen and oxygen atoms in total. The third kappa shape index (κ3) is 4.41. The summed E-state index contributed by atoms with van der Waals surface area (Å²) in [6.45, 7) is 4.76. The van der Waals surface area contributed by atoms with Gasteiger partial charge < -0.3 is 10.2 Å². The quantitative estimate of drug-likeness (QED) is 0.672. The monoisotopic (exact) mass is 438 g/mol. The fourth-order valence-corrected chi connectivity index (χ4v) is 3.83. The summed E-state index contributed by atoms with van der Waals surface area (Å²) in [5, 5.41) is 10.9. The minimum atomic E-state index is 0.0897. The van der Waals surface area contributed by atoms with Crippen molar-refractivity contribution in [3.05, 3.63) is 36.8 Å². The maximum atomic E-state index is 6.41. The number of rotatable bonds is 7. The van der Waals surface area contributed by atoms with Crippen molar-refractivity contribution >= 4 is 45.5 Å². The van der Waals surface area contributed by atoms with Crippen LogP contribution in [0.2, 0.25) is 5.02 Å². The fraction of sp³-hybridized carbons (Fsp3) is 0.500. The fourth-order valence-electron chi connectivity index (χ4n) is 2.18. The van der Waals surface area contributed by atoms with E-state index < -0.39 is 0 Å². The molecule has 1 unspecified atom stereocenters. The average molecular weight is 439 g/mol. The lowest BCUT2D eigenvalue weighted by Crippen LogP contribution is -2.27. The van der Waals surface area contributed by atoms with Gasteiger partial charge in [0.15, 0.2) is 0 Å². The first-order chi connectivity index (χ1) is 10.0. The molecule has 2 aromatic heterocycles. The second-order valence-corrected chi connectivity index (χ2v) is 8.29. The van der Waals surface area contributed by atoms with E-state index in [1.807, 2.05) is 4.68 Å². The van der Waals surface area contributed by atoms with Crippen molar-refractivity contribution in [2.45, 2.75) is 19.5 Å². The van der Waals surface area contributed by atoms with E-state index in [4.69, 9.17) is 11.6 Å². The van der Waals surface area contributed by atoms with Gasteiger partial charge in [0.25, 0.3) is 0 Å². The van der Waals surface area contributed by atoms with Gasteiger partial charge in [0.1, 0.15) is 0 Å². The SMILES string of the molecule is CCNC(c1csc(I)c1)c1c(Cl)cnn1CCN(C)C. The molecule has 0 aliphatic heterocycles. The van der Waals surface area contributed by atoms with E-state index in [9.17, 15) is 0 Å². The predicted molar refractivity (Wildman–Crippen MR) is 98.3 cm³/mol. The number of nitrogens with zero attached hydrogens (tertiary/aromatic N) is 3. The van der Waals surface area contributed by atoms with Crippen molar-refractivity contribution in [3.8, 4) is 0 Å². The zero-order valence-electron chi connectivity index (χ0n) is 12.4. The molecule has 0 aliphatic rings. The van der Waals surface area contributed by atoms with Crippen molar-refractivity contribution in [2.24, 2.45) is 0 Å². The second-order valence-electron chi connectivity index (χ2n) is 5.08. The molecule has 0 amide bonds. The second kappa shape index (κ2) is 7.92. The molecule has 2 rings (SSSR count). The lowest BCUT2D eigenvalue weighted by molar-refractivity contribution is 0.365. The number of nitrogens with one attached hydrogen (secondary N) is 1. The van der Waals surface area contributed by atoms with Crippen LogP contribution in [0.1, 0.15) is 24.2 Å². The van der Waals surface area contributed by atoms with Crippen molar-refractivity contribution in [3.63, 3.8) is 0 Å². The molecule has 2 heterocycles. The van der Waals surface area contributed by atoms with Crippen molar-refractivity contribution < 1.29 is 0 Å². The van der Waals surface area contributed by atoms with Gasteiger partial charge in [-0.05, 0) is 60.2 Å². The van der Waals surface area contributed by atoms with E-state index >= 15 is 0 Å². The van der Waals surface area contributed by atoms with Gasteiger partial charge in [-0.25, -0.2) is 0 Å². The lowest BCUT2D eigenvalue weighted by atomic mass is 10.1. The molecule has 1 N–H and O–H groups in total. The Morgan fingerprint density at radius 2 is 2.29 bits per heavy atom. The normalized spacial score (nSPS) is 13.0. The third-order valence-corrected chi connectivity index (χ3v) is 5.29. The zero-order valence-corrected chi connectivity index (χ0v) is 16.2. The van der Waals surface area contributed by atoms with Crippen LogP contribution in [-0.2, 0) is 6.54 Å². The summed E-state index contributed by atoms with van der Waals surface area (Å²) in [6, 6.07) is 2.30. The van der Waals surface area contributed by atoms with E-state index in [1.165, 1.54) is 8.45 Å². The largest absolute Gasteiger partial charge is 0.308 e. The first-order valence-electron chi connectivity index (χ1n) is 6.86.